The van der Waals surface area contributed by atoms with E-state index in [9.17, 15) is 0 Å². The summed E-state index contributed by atoms with van der Waals surface area (Å²) in [5.41, 5.74) is 9.72. The molecule has 2 nitrogen and oxygen atoms in total. The first-order valence-electron chi connectivity index (χ1n) is 6.34. The van der Waals surface area contributed by atoms with Gasteiger partial charge in [-0.1, -0.05) is 19.9 Å². The highest BCUT2D eigenvalue weighted by Crippen LogP contribution is 2.32. The fourth-order valence-electron chi connectivity index (χ4n) is 1.99. The van der Waals surface area contributed by atoms with Gasteiger partial charge in [0.2, 0.25) is 0 Å². The smallest absolute Gasteiger partial charge is 0.122 e. The third kappa shape index (κ3) is 2.81. The maximum atomic E-state index is 6.43. The van der Waals surface area contributed by atoms with Crippen molar-refractivity contribution in [3.8, 4) is 5.75 Å². The first-order valence-corrected chi connectivity index (χ1v) is 6.34. The Hall–Kier alpha value is -1.02. The zero-order valence-corrected chi connectivity index (χ0v) is 11.9. The summed E-state index contributed by atoms with van der Waals surface area (Å²) >= 11 is 0. The molecule has 0 saturated carbocycles. The van der Waals surface area contributed by atoms with E-state index in [2.05, 4.69) is 46.8 Å². The molecule has 0 heterocycles. The molecule has 2 heteroatoms. The molecule has 1 aromatic carbocycles. The van der Waals surface area contributed by atoms with Gasteiger partial charge in [0.15, 0.2) is 0 Å². The van der Waals surface area contributed by atoms with Gasteiger partial charge in [0.1, 0.15) is 5.75 Å². The van der Waals surface area contributed by atoms with Crippen molar-refractivity contribution in [2.24, 2.45) is 11.7 Å². The van der Waals surface area contributed by atoms with E-state index >= 15 is 0 Å². The number of nitrogens with two attached hydrogens (primary N) is 1. The van der Waals surface area contributed by atoms with Gasteiger partial charge >= 0.3 is 0 Å². The SMILES string of the molecule is CCOc1cc(C)c(C(C)(N)C(C)C)cc1C. The number of hydrogen-bond acceptors (Lipinski definition) is 2. The minimum atomic E-state index is -0.292. The zero-order chi connectivity index (χ0) is 13.2. The van der Waals surface area contributed by atoms with Gasteiger partial charge in [-0.3, -0.25) is 0 Å². The van der Waals surface area contributed by atoms with Crippen molar-refractivity contribution >= 4 is 0 Å². The molecule has 0 amide bonds. The Bertz CT molecular complexity index is 394. The molecular weight excluding hydrogens is 210 g/mol. The topological polar surface area (TPSA) is 35.2 Å². The van der Waals surface area contributed by atoms with Gasteiger partial charge in [0.25, 0.3) is 0 Å². The molecular formula is C15H25NO. The van der Waals surface area contributed by atoms with Crippen LogP contribution in [0.5, 0.6) is 5.75 Å². The van der Waals surface area contributed by atoms with Crippen LogP contribution in [0.1, 0.15) is 44.4 Å². The van der Waals surface area contributed by atoms with Gasteiger partial charge in [-0.25, -0.2) is 0 Å². The van der Waals surface area contributed by atoms with E-state index in [0.29, 0.717) is 12.5 Å². The van der Waals surface area contributed by atoms with Crippen LogP contribution in [0.15, 0.2) is 12.1 Å². The van der Waals surface area contributed by atoms with Crippen molar-refractivity contribution < 1.29 is 4.74 Å². The molecule has 0 aliphatic rings. The van der Waals surface area contributed by atoms with Gasteiger partial charge in [-0.2, -0.15) is 0 Å². The van der Waals surface area contributed by atoms with E-state index in [4.69, 9.17) is 10.5 Å². The Kier molecular flexibility index (Phi) is 4.21. The van der Waals surface area contributed by atoms with Crippen molar-refractivity contribution in [3.63, 3.8) is 0 Å². The molecule has 0 aromatic heterocycles. The van der Waals surface area contributed by atoms with E-state index in [-0.39, 0.29) is 5.54 Å². The summed E-state index contributed by atoms with van der Waals surface area (Å²) in [4.78, 5) is 0. The molecule has 2 N–H and O–H groups in total. The van der Waals surface area contributed by atoms with E-state index in [0.717, 1.165) is 11.3 Å². The summed E-state index contributed by atoms with van der Waals surface area (Å²) in [6.45, 7) is 13.3. The van der Waals surface area contributed by atoms with Crippen LogP contribution in [-0.2, 0) is 5.54 Å². The molecule has 0 saturated heterocycles. The van der Waals surface area contributed by atoms with Gasteiger partial charge in [0.05, 0.1) is 6.61 Å². The number of benzene rings is 1. The maximum absolute atomic E-state index is 6.43. The number of aryl methyl sites for hydroxylation is 2. The molecule has 17 heavy (non-hydrogen) atoms. The van der Waals surface area contributed by atoms with Crippen LogP contribution in [0.4, 0.5) is 0 Å². The highest BCUT2D eigenvalue weighted by Gasteiger charge is 2.27. The van der Waals surface area contributed by atoms with Crippen molar-refractivity contribution in [1.82, 2.24) is 0 Å². The van der Waals surface area contributed by atoms with Crippen molar-refractivity contribution in [1.29, 1.82) is 0 Å². The normalized spacial score (nSPS) is 14.8. The lowest BCUT2D eigenvalue weighted by atomic mass is 9.80. The van der Waals surface area contributed by atoms with Crippen molar-refractivity contribution in [2.75, 3.05) is 6.61 Å². The van der Waals surface area contributed by atoms with Crippen LogP contribution in [0.3, 0.4) is 0 Å². The highest BCUT2D eigenvalue weighted by molar-refractivity contribution is 5.44. The summed E-state index contributed by atoms with van der Waals surface area (Å²) in [5, 5.41) is 0. The van der Waals surface area contributed by atoms with Gasteiger partial charge < -0.3 is 10.5 Å². The molecule has 0 spiro atoms. The lowest BCUT2D eigenvalue weighted by Gasteiger charge is -2.32. The van der Waals surface area contributed by atoms with Gasteiger partial charge in [-0.05, 0) is 56.4 Å². The molecule has 1 aromatic rings. The Morgan fingerprint density at radius 3 is 2.29 bits per heavy atom. The van der Waals surface area contributed by atoms with Gasteiger partial charge in [0, 0.05) is 5.54 Å². The Labute approximate surface area is 105 Å². The molecule has 0 fully saturated rings. The van der Waals surface area contributed by atoms with E-state index in [1.165, 1.54) is 11.1 Å². The van der Waals surface area contributed by atoms with Crippen LogP contribution in [0.25, 0.3) is 0 Å². The highest BCUT2D eigenvalue weighted by atomic mass is 16.5. The molecule has 1 rings (SSSR count). The Morgan fingerprint density at radius 1 is 1.24 bits per heavy atom. The monoisotopic (exact) mass is 235 g/mol. The fourth-order valence-corrected chi connectivity index (χ4v) is 1.99. The third-order valence-corrected chi connectivity index (χ3v) is 3.60. The van der Waals surface area contributed by atoms with Crippen LogP contribution in [-0.4, -0.2) is 6.61 Å². The molecule has 0 aliphatic carbocycles. The summed E-state index contributed by atoms with van der Waals surface area (Å²) in [7, 11) is 0. The van der Waals surface area contributed by atoms with E-state index < -0.39 is 0 Å². The molecule has 0 bridgehead atoms. The summed E-state index contributed by atoms with van der Waals surface area (Å²) in [6, 6.07) is 4.27. The molecule has 1 unspecified atom stereocenters. The average molecular weight is 235 g/mol. The number of ether oxygens (including phenoxy) is 1. The fraction of sp³-hybridized carbons (Fsp3) is 0.600. The minimum absolute atomic E-state index is 0.292. The summed E-state index contributed by atoms with van der Waals surface area (Å²) < 4.78 is 5.60. The van der Waals surface area contributed by atoms with Crippen molar-refractivity contribution in [2.45, 2.75) is 47.1 Å². The van der Waals surface area contributed by atoms with Crippen LogP contribution in [0.2, 0.25) is 0 Å². The molecule has 0 radical (unpaired) electrons. The van der Waals surface area contributed by atoms with Crippen molar-refractivity contribution in [3.05, 3.63) is 28.8 Å². The lowest BCUT2D eigenvalue weighted by Crippen LogP contribution is -2.39. The molecule has 96 valence electrons. The minimum Gasteiger partial charge on any atom is -0.494 e. The number of hydrogen-bond donors (Lipinski definition) is 1. The second-order valence-electron chi connectivity index (χ2n) is 5.30. The second kappa shape index (κ2) is 5.09. The standard InChI is InChI=1S/C15H25NO/c1-7-17-14-9-11(4)13(8-12(14)5)15(6,16)10(2)3/h8-10H,7,16H2,1-6H3. The molecule has 1 atom stereocenters. The summed E-state index contributed by atoms with van der Waals surface area (Å²) in [6.07, 6.45) is 0. The van der Waals surface area contributed by atoms with E-state index in [1.54, 1.807) is 0 Å². The third-order valence-electron chi connectivity index (χ3n) is 3.60. The summed E-state index contributed by atoms with van der Waals surface area (Å²) in [5.74, 6) is 1.37. The average Bonchev–Trinajstić information content (AvgIpc) is 2.22. The maximum Gasteiger partial charge on any atom is 0.122 e. The predicted octanol–water partition coefficient (Wildman–Crippen LogP) is 3.53. The van der Waals surface area contributed by atoms with Gasteiger partial charge in [-0.15, -0.1) is 0 Å². The first kappa shape index (κ1) is 14.0. The zero-order valence-electron chi connectivity index (χ0n) is 11.9. The lowest BCUT2D eigenvalue weighted by molar-refractivity contribution is 0.332. The predicted molar refractivity (Wildman–Crippen MR) is 73.5 cm³/mol. The number of rotatable bonds is 4. The second-order valence-corrected chi connectivity index (χ2v) is 5.30. The van der Waals surface area contributed by atoms with Crippen LogP contribution >= 0.6 is 0 Å². The van der Waals surface area contributed by atoms with Crippen LogP contribution < -0.4 is 10.5 Å². The molecule has 0 aliphatic heterocycles. The quantitative estimate of drug-likeness (QED) is 0.866. The Balaban J connectivity index is 3.24. The largest absolute Gasteiger partial charge is 0.494 e. The van der Waals surface area contributed by atoms with Crippen LogP contribution in [0, 0.1) is 19.8 Å². The first-order chi connectivity index (χ1) is 7.80. The Morgan fingerprint density at radius 2 is 1.82 bits per heavy atom. The van der Waals surface area contributed by atoms with E-state index in [1.807, 2.05) is 6.92 Å².